The normalized spacial score (nSPS) is 20.1. The third kappa shape index (κ3) is 13.3. The van der Waals surface area contributed by atoms with E-state index in [0.29, 0.717) is 58.1 Å². The molecule has 2 aliphatic rings. The van der Waals surface area contributed by atoms with Gasteiger partial charge in [0.1, 0.15) is 5.78 Å². The summed E-state index contributed by atoms with van der Waals surface area (Å²) in [5, 5.41) is 19.1. The molecule has 11 heteroatoms. The van der Waals surface area contributed by atoms with Crippen molar-refractivity contribution in [2.24, 2.45) is 0 Å². The number of aliphatic hydroxyl groups is 1. The van der Waals surface area contributed by atoms with Gasteiger partial charge in [0.15, 0.2) is 0 Å². The van der Waals surface area contributed by atoms with Crippen LogP contribution in [0.2, 0.25) is 0 Å². The van der Waals surface area contributed by atoms with Gasteiger partial charge in [0.2, 0.25) is 0 Å². The van der Waals surface area contributed by atoms with Gasteiger partial charge < -0.3 is 24.2 Å². The molecule has 2 saturated heterocycles. The van der Waals surface area contributed by atoms with Gasteiger partial charge >= 0.3 is 0 Å². The maximum atomic E-state index is 11.7. The summed E-state index contributed by atoms with van der Waals surface area (Å²) < 4.78 is 20.6. The van der Waals surface area contributed by atoms with Gasteiger partial charge in [0.25, 0.3) is 0 Å². The molecule has 0 radical (unpaired) electrons. The number of carbonyl (C=O) groups excluding carboxylic acids is 1. The van der Waals surface area contributed by atoms with Gasteiger partial charge in [0, 0.05) is 69.3 Å². The van der Waals surface area contributed by atoms with E-state index in [9.17, 15) is 9.90 Å². The number of likely N-dealkylation sites (tertiary alicyclic amines) is 1. The molecule has 0 spiro atoms. The maximum Gasteiger partial charge on any atom is 0.132 e. The first-order valence-corrected chi connectivity index (χ1v) is 18.6. The number of ether oxygens (including phenoxy) is 3. The molecular formula is C37H70N6O5. The molecule has 1 N–H and O–H groups in total. The van der Waals surface area contributed by atoms with Crippen molar-refractivity contribution in [1.29, 1.82) is 0 Å². The van der Waals surface area contributed by atoms with E-state index in [2.05, 4.69) is 59.6 Å². The molecule has 278 valence electrons. The summed E-state index contributed by atoms with van der Waals surface area (Å²) in [5.41, 5.74) is -0.404. The number of aliphatic hydroxyl groups excluding tert-OH is 1. The van der Waals surface area contributed by atoms with Crippen molar-refractivity contribution in [2.75, 3.05) is 65.7 Å². The largest absolute Gasteiger partial charge is 0.395 e. The zero-order chi connectivity index (χ0) is 35.6. The number of Topliss-reactive ketones (excluding diaryl/α,β-unsaturated/α-hetero) is 1. The Kier molecular flexibility index (Phi) is 15.5. The van der Waals surface area contributed by atoms with Crippen LogP contribution in [0.3, 0.4) is 0 Å². The molecule has 1 aromatic rings. The lowest BCUT2D eigenvalue weighted by molar-refractivity contribution is -0.130. The summed E-state index contributed by atoms with van der Waals surface area (Å²) in [6, 6.07) is 0.790. The lowest BCUT2D eigenvalue weighted by Gasteiger charge is -2.51. The maximum absolute atomic E-state index is 11.7. The van der Waals surface area contributed by atoms with Crippen LogP contribution in [0.15, 0.2) is 6.20 Å². The van der Waals surface area contributed by atoms with Gasteiger partial charge in [-0.2, -0.15) is 0 Å². The molecule has 0 amide bonds. The quantitative estimate of drug-likeness (QED) is 0.199. The van der Waals surface area contributed by atoms with Gasteiger partial charge in [-0.15, -0.1) is 5.10 Å². The highest BCUT2D eigenvalue weighted by Gasteiger charge is 2.39. The molecule has 11 nitrogen and oxygen atoms in total. The second-order valence-electron chi connectivity index (χ2n) is 16.6. The van der Waals surface area contributed by atoms with E-state index >= 15 is 0 Å². The van der Waals surface area contributed by atoms with Crippen molar-refractivity contribution in [1.82, 2.24) is 29.7 Å². The molecule has 1 unspecified atom stereocenters. The molecule has 2 fully saturated rings. The number of nitrogens with zero attached hydrogens (tertiary/aromatic N) is 6. The molecule has 0 aliphatic carbocycles. The second-order valence-corrected chi connectivity index (χ2v) is 16.6. The standard InChI is InChI=1S/C37H70N6O5/c1-11-33(45)13-16-35(5,6)48-29-37(9,10)47-24-22-42-26-30(38-39-42)25-36(7,8)46-23-17-34(3,4)43-21-20-41(27-32(43)28-44)31-14-18-40(12-2)19-15-31/h26,31-32,44H,11-25,27-29H2,1-10H3. The molecule has 0 bridgehead atoms. The van der Waals surface area contributed by atoms with Gasteiger partial charge in [-0.3, -0.25) is 14.6 Å². The molecule has 1 aromatic heterocycles. The highest BCUT2D eigenvalue weighted by molar-refractivity contribution is 5.78. The Balaban J connectivity index is 1.39. The summed E-state index contributed by atoms with van der Waals surface area (Å²) >= 11 is 0. The third-order valence-electron chi connectivity index (χ3n) is 10.4. The van der Waals surface area contributed by atoms with Gasteiger partial charge in [0.05, 0.1) is 48.9 Å². The fourth-order valence-electron chi connectivity index (χ4n) is 7.02. The minimum Gasteiger partial charge on any atom is -0.395 e. The first kappa shape index (κ1) is 41.0. The summed E-state index contributed by atoms with van der Waals surface area (Å²) in [4.78, 5) is 19.4. The van der Waals surface area contributed by atoms with E-state index in [1.807, 2.05) is 45.5 Å². The minimum atomic E-state index is -0.462. The Hall–Kier alpha value is -1.47. The number of hydrogen-bond acceptors (Lipinski definition) is 10. The Bertz CT molecular complexity index is 1100. The van der Waals surface area contributed by atoms with Crippen LogP contribution in [-0.4, -0.2) is 141 Å². The summed E-state index contributed by atoms with van der Waals surface area (Å²) in [5.74, 6) is 0.267. The van der Waals surface area contributed by atoms with Crippen molar-refractivity contribution in [3.63, 3.8) is 0 Å². The molecule has 0 saturated carbocycles. The van der Waals surface area contributed by atoms with Crippen molar-refractivity contribution in [3.05, 3.63) is 11.9 Å². The number of rotatable bonds is 21. The van der Waals surface area contributed by atoms with Crippen LogP contribution < -0.4 is 0 Å². The topological polar surface area (TPSA) is 105 Å². The first-order chi connectivity index (χ1) is 22.5. The molecule has 3 heterocycles. The van der Waals surface area contributed by atoms with Crippen LogP contribution in [0, 0.1) is 0 Å². The Labute approximate surface area is 292 Å². The Morgan fingerprint density at radius 3 is 2.23 bits per heavy atom. The molecule has 48 heavy (non-hydrogen) atoms. The highest BCUT2D eigenvalue weighted by atomic mass is 16.6. The zero-order valence-corrected chi connectivity index (χ0v) is 32.2. The van der Waals surface area contributed by atoms with Crippen molar-refractivity contribution < 1.29 is 24.1 Å². The van der Waals surface area contributed by atoms with Crippen molar-refractivity contribution >= 4 is 5.78 Å². The van der Waals surface area contributed by atoms with E-state index in [1.54, 1.807) is 0 Å². The molecule has 2 aliphatic heterocycles. The molecular weight excluding hydrogens is 608 g/mol. The number of carbonyl (C=O) groups is 1. The van der Waals surface area contributed by atoms with Crippen LogP contribution in [0.1, 0.15) is 113 Å². The second kappa shape index (κ2) is 18.1. The number of piperidine rings is 1. The fourth-order valence-corrected chi connectivity index (χ4v) is 7.02. The van der Waals surface area contributed by atoms with Crippen LogP contribution >= 0.6 is 0 Å². The van der Waals surface area contributed by atoms with Gasteiger partial charge in [-0.1, -0.05) is 19.1 Å². The zero-order valence-electron chi connectivity index (χ0n) is 32.2. The van der Waals surface area contributed by atoms with E-state index in [4.69, 9.17) is 14.2 Å². The van der Waals surface area contributed by atoms with Crippen LogP contribution in [0.4, 0.5) is 0 Å². The SMILES string of the molecule is CCC(=O)CCC(C)(C)OCC(C)(C)OCCn1cc(CC(C)(C)OCCC(C)(C)N2CCN(C3CCN(CC)CC3)CC2CO)nn1. The number of aromatic nitrogens is 3. The van der Waals surface area contributed by atoms with Crippen molar-refractivity contribution in [3.8, 4) is 0 Å². The third-order valence-corrected chi connectivity index (χ3v) is 10.4. The Morgan fingerprint density at radius 1 is 0.896 bits per heavy atom. The van der Waals surface area contributed by atoms with Gasteiger partial charge in [-0.25, -0.2) is 4.68 Å². The van der Waals surface area contributed by atoms with Gasteiger partial charge in [-0.05, 0) is 101 Å². The first-order valence-electron chi connectivity index (χ1n) is 18.6. The Morgan fingerprint density at radius 2 is 1.58 bits per heavy atom. The van der Waals surface area contributed by atoms with E-state index < -0.39 is 5.60 Å². The number of piperazine rings is 1. The average Bonchev–Trinajstić information content (AvgIpc) is 3.48. The van der Waals surface area contributed by atoms with Crippen LogP contribution in [0.25, 0.3) is 0 Å². The molecule has 0 aromatic carbocycles. The summed E-state index contributed by atoms with van der Waals surface area (Å²) in [6.45, 7) is 29.9. The number of ketones is 1. The number of hydrogen-bond donors (Lipinski definition) is 1. The minimum absolute atomic E-state index is 0.0764. The lowest BCUT2D eigenvalue weighted by atomic mass is 9.93. The monoisotopic (exact) mass is 679 g/mol. The van der Waals surface area contributed by atoms with E-state index in [1.165, 1.54) is 25.9 Å². The lowest BCUT2D eigenvalue weighted by Crippen LogP contribution is -2.63. The summed E-state index contributed by atoms with van der Waals surface area (Å²) in [7, 11) is 0. The van der Waals surface area contributed by atoms with E-state index in [-0.39, 0.29) is 35.2 Å². The van der Waals surface area contributed by atoms with Crippen molar-refractivity contribution in [2.45, 2.75) is 155 Å². The fraction of sp³-hybridized carbons (Fsp3) is 0.919. The van der Waals surface area contributed by atoms with E-state index in [0.717, 1.165) is 38.3 Å². The predicted octanol–water partition coefficient (Wildman–Crippen LogP) is 4.60. The smallest absolute Gasteiger partial charge is 0.132 e. The highest BCUT2D eigenvalue weighted by Crippen LogP contribution is 2.29. The molecule has 1 atom stereocenters. The van der Waals surface area contributed by atoms with Crippen LogP contribution in [-0.2, 0) is 32.0 Å². The average molecular weight is 679 g/mol. The molecule has 3 rings (SSSR count). The summed E-state index contributed by atoms with van der Waals surface area (Å²) in [6.07, 6.45) is 7.82. The predicted molar refractivity (Wildman–Crippen MR) is 191 cm³/mol. The van der Waals surface area contributed by atoms with Crippen LogP contribution in [0.5, 0.6) is 0 Å².